The number of alkyl halides is 3. The molecule has 0 radical (unpaired) electrons. The largest absolute Gasteiger partial charge is 0.573 e. The van der Waals surface area contributed by atoms with Gasteiger partial charge in [0.2, 0.25) is 0 Å². The molecule has 21 heavy (non-hydrogen) atoms. The number of rotatable bonds is 4. The zero-order valence-electron chi connectivity index (χ0n) is 10.4. The van der Waals surface area contributed by atoms with Crippen LogP contribution in [0.5, 0.6) is 5.75 Å². The molecule has 10 heteroatoms. The number of nitrogens with one attached hydrogen (secondary N) is 1. The van der Waals surface area contributed by atoms with Crippen LogP contribution in [0.3, 0.4) is 0 Å². The van der Waals surface area contributed by atoms with E-state index in [0.29, 0.717) is 10.2 Å². The number of hydrogen-bond acceptors (Lipinski definition) is 6. The lowest BCUT2D eigenvalue weighted by molar-refractivity contribution is -0.274. The number of anilines is 1. The van der Waals surface area contributed by atoms with Gasteiger partial charge in [0, 0.05) is 12.6 Å². The maximum atomic E-state index is 12.1. The van der Waals surface area contributed by atoms with Crippen LogP contribution in [0.1, 0.15) is 0 Å². The second-order valence-corrected chi connectivity index (χ2v) is 4.78. The fourth-order valence-corrected chi connectivity index (χ4v) is 2.31. The molecule has 0 aliphatic carbocycles. The molecule has 0 unspecified atom stereocenters. The molecule has 0 spiro atoms. The molecule has 1 heterocycles. The molecule has 6 nitrogen and oxygen atoms in total. The van der Waals surface area contributed by atoms with Crippen LogP contribution in [0, 0.1) is 0 Å². The summed E-state index contributed by atoms with van der Waals surface area (Å²) in [5, 5.41) is 2.57. The quantitative estimate of drug-likeness (QED) is 0.904. The molecule has 0 saturated heterocycles. The Labute approximate surface area is 120 Å². The van der Waals surface area contributed by atoms with Gasteiger partial charge in [0.05, 0.1) is 10.2 Å². The number of thiazole rings is 1. The number of hydrogen-bond donors (Lipinski definition) is 2. The number of carbonyl (C=O) groups is 1. The number of fused-ring (bicyclic) bond motifs is 1. The van der Waals surface area contributed by atoms with E-state index in [1.807, 2.05) is 0 Å². The molecule has 0 aliphatic heterocycles. The van der Waals surface area contributed by atoms with Crippen LogP contribution in [0.4, 0.5) is 23.1 Å². The average Bonchev–Trinajstić information content (AvgIpc) is 2.75. The molecule has 1 aromatic carbocycles. The van der Waals surface area contributed by atoms with Gasteiger partial charge in [0.1, 0.15) is 12.4 Å². The van der Waals surface area contributed by atoms with Crippen LogP contribution in [0.15, 0.2) is 18.2 Å². The zero-order chi connectivity index (χ0) is 15.5. The normalized spacial score (nSPS) is 11.4. The summed E-state index contributed by atoms with van der Waals surface area (Å²) in [5.41, 5.74) is 5.61. The topological polar surface area (TPSA) is 86.5 Å². The second kappa shape index (κ2) is 6.14. The standard InChI is InChI=1S/C11H10F3N3O3S/c12-11(13,14)20-6-1-2-7-8(5-6)21-9(16-7)17-10(18)19-4-3-15/h1-2,5H,3-4,15H2,(H,16,17,18). The maximum Gasteiger partial charge on any atom is 0.573 e. The summed E-state index contributed by atoms with van der Waals surface area (Å²) in [6.45, 7) is 0.242. The molecule has 0 saturated carbocycles. The van der Waals surface area contributed by atoms with E-state index < -0.39 is 12.5 Å². The van der Waals surface area contributed by atoms with Crippen molar-refractivity contribution in [2.24, 2.45) is 5.73 Å². The lowest BCUT2D eigenvalue weighted by atomic mass is 10.3. The molecule has 1 amide bonds. The fraction of sp³-hybridized carbons (Fsp3) is 0.273. The Balaban J connectivity index is 2.12. The molecule has 0 atom stereocenters. The molecule has 114 valence electrons. The van der Waals surface area contributed by atoms with Crippen molar-refractivity contribution in [2.45, 2.75) is 6.36 Å². The summed E-state index contributed by atoms with van der Waals surface area (Å²) in [7, 11) is 0. The van der Waals surface area contributed by atoms with Crippen LogP contribution in [0.25, 0.3) is 10.2 Å². The van der Waals surface area contributed by atoms with E-state index in [1.165, 1.54) is 12.1 Å². The Bertz CT molecular complexity index is 644. The second-order valence-electron chi connectivity index (χ2n) is 3.75. The number of halogens is 3. The number of nitrogens with zero attached hydrogens (tertiary/aromatic N) is 1. The van der Waals surface area contributed by atoms with Crippen molar-refractivity contribution in [2.75, 3.05) is 18.5 Å². The predicted octanol–water partition coefficient (Wildman–Crippen LogP) is 2.70. The van der Waals surface area contributed by atoms with Crippen LogP contribution in [-0.2, 0) is 4.74 Å². The zero-order valence-corrected chi connectivity index (χ0v) is 11.3. The third-order valence-corrected chi connectivity index (χ3v) is 3.09. The van der Waals surface area contributed by atoms with E-state index in [4.69, 9.17) is 10.5 Å². The SMILES string of the molecule is NCCOC(=O)Nc1nc2ccc(OC(F)(F)F)cc2s1. The summed E-state index contributed by atoms with van der Waals surface area (Å²) >= 11 is 0.998. The van der Waals surface area contributed by atoms with E-state index in [9.17, 15) is 18.0 Å². The van der Waals surface area contributed by atoms with Crippen LogP contribution < -0.4 is 15.8 Å². The van der Waals surface area contributed by atoms with Crippen LogP contribution >= 0.6 is 11.3 Å². The monoisotopic (exact) mass is 321 g/mol. The Kier molecular flexibility index (Phi) is 4.48. The van der Waals surface area contributed by atoms with Crippen molar-refractivity contribution in [1.82, 2.24) is 4.98 Å². The van der Waals surface area contributed by atoms with Gasteiger partial charge in [-0.1, -0.05) is 11.3 Å². The highest BCUT2D eigenvalue weighted by molar-refractivity contribution is 7.22. The van der Waals surface area contributed by atoms with Crippen molar-refractivity contribution in [3.05, 3.63) is 18.2 Å². The minimum absolute atomic E-state index is 0.0559. The minimum Gasteiger partial charge on any atom is -0.448 e. The highest BCUT2D eigenvalue weighted by atomic mass is 32.1. The molecule has 1 aromatic heterocycles. The Morgan fingerprint density at radius 1 is 1.43 bits per heavy atom. The van der Waals surface area contributed by atoms with Crippen LogP contribution in [-0.4, -0.2) is 30.6 Å². The summed E-state index contributed by atoms with van der Waals surface area (Å²) < 4.78 is 45.3. The number of aromatic nitrogens is 1. The van der Waals surface area contributed by atoms with Crippen molar-refractivity contribution < 1.29 is 27.4 Å². The van der Waals surface area contributed by atoms with Gasteiger partial charge in [-0.05, 0) is 12.1 Å². The Hall–Kier alpha value is -2.07. The lowest BCUT2D eigenvalue weighted by Gasteiger charge is -2.07. The van der Waals surface area contributed by atoms with Crippen molar-refractivity contribution in [3.8, 4) is 5.75 Å². The predicted molar refractivity (Wildman–Crippen MR) is 70.3 cm³/mol. The molecule has 3 N–H and O–H groups in total. The lowest BCUT2D eigenvalue weighted by Crippen LogP contribution is -2.18. The fourth-order valence-electron chi connectivity index (χ4n) is 1.43. The maximum absolute atomic E-state index is 12.1. The number of nitrogens with two attached hydrogens (primary N) is 1. The third-order valence-electron chi connectivity index (χ3n) is 2.15. The summed E-state index contributed by atoms with van der Waals surface area (Å²) in [6, 6.07) is 3.70. The first-order valence-electron chi connectivity index (χ1n) is 5.67. The smallest absolute Gasteiger partial charge is 0.448 e. The molecule has 0 aliphatic rings. The average molecular weight is 321 g/mol. The third kappa shape index (κ3) is 4.46. The summed E-state index contributed by atoms with van der Waals surface area (Å²) in [6.07, 6.45) is -5.49. The first kappa shape index (κ1) is 15.3. The van der Waals surface area contributed by atoms with Gasteiger partial charge in [0.25, 0.3) is 0 Å². The highest BCUT2D eigenvalue weighted by Gasteiger charge is 2.31. The molecular formula is C11H10F3N3O3S. The molecular weight excluding hydrogens is 311 g/mol. The van der Waals surface area contributed by atoms with E-state index in [-0.39, 0.29) is 24.0 Å². The van der Waals surface area contributed by atoms with Crippen LogP contribution in [0.2, 0.25) is 0 Å². The Morgan fingerprint density at radius 2 is 2.19 bits per heavy atom. The molecule has 0 bridgehead atoms. The van der Waals surface area contributed by atoms with E-state index in [1.54, 1.807) is 0 Å². The van der Waals surface area contributed by atoms with Crippen molar-refractivity contribution in [3.63, 3.8) is 0 Å². The van der Waals surface area contributed by atoms with Crippen molar-refractivity contribution >= 4 is 32.8 Å². The summed E-state index contributed by atoms with van der Waals surface area (Å²) in [5.74, 6) is -0.351. The number of benzene rings is 1. The molecule has 2 rings (SSSR count). The van der Waals surface area contributed by atoms with Gasteiger partial charge in [-0.2, -0.15) is 0 Å². The Morgan fingerprint density at radius 3 is 2.86 bits per heavy atom. The van der Waals surface area contributed by atoms with Gasteiger partial charge in [-0.3, -0.25) is 5.32 Å². The minimum atomic E-state index is -4.76. The number of ether oxygens (including phenoxy) is 2. The first-order valence-corrected chi connectivity index (χ1v) is 6.49. The van der Waals surface area contributed by atoms with Crippen molar-refractivity contribution in [1.29, 1.82) is 0 Å². The van der Waals surface area contributed by atoms with Gasteiger partial charge in [-0.25, -0.2) is 9.78 Å². The highest BCUT2D eigenvalue weighted by Crippen LogP contribution is 2.31. The number of carbonyl (C=O) groups excluding carboxylic acids is 1. The van der Waals surface area contributed by atoms with Gasteiger partial charge in [0.15, 0.2) is 5.13 Å². The van der Waals surface area contributed by atoms with Gasteiger partial charge < -0.3 is 15.2 Å². The van der Waals surface area contributed by atoms with E-state index in [2.05, 4.69) is 15.0 Å². The van der Waals surface area contributed by atoms with E-state index >= 15 is 0 Å². The first-order chi connectivity index (χ1) is 9.87. The van der Waals surface area contributed by atoms with Gasteiger partial charge >= 0.3 is 12.5 Å². The summed E-state index contributed by atoms with van der Waals surface area (Å²) in [4.78, 5) is 15.3. The van der Waals surface area contributed by atoms with Gasteiger partial charge in [-0.15, -0.1) is 13.2 Å². The molecule has 0 fully saturated rings. The molecule has 2 aromatic rings. The van der Waals surface area contributed by atoms with E-state index in [0.717, 1.165) is 17.4 Å². The number of amides is 1.